The molecule has 1 aliphatic heterocycles. The van der Waals surface area contributed by atoms with Crippen molar-refractivity contribution in [1.82, 2.24) is 0 Å². The van der Waals surface area contributed by atoms with Gasteiger partial charge in [-0.2, -0.15) is 0 Å². The minimum Gasteiger partial charge on any atom is -0.366 e. The molecule has 1 aromatic carbocycles. The van der Waals surface area contributed by atoms with Crippen LogP contribution in [0.1, 0.15) is 35.7 Å². The van der Waals surface area contributed by atoms with E-state index in [1.54, 1.807) is 11.0 Å². The summed E-state index contributed by atoms with van der Waals surface area (Å²) in [5.74, 6) is -0.405. The number of hydrogen-bond donors (Lipinski definition) is 1. The summed E-state index contributed by atoms with van der Waals surface area (Å²) in [7, 11) is 0. The van der Waals surface area contributed by atoms with Crippen molar-refractivity contribution in [2.45, 2.75) is 26.2 Å². The number of primary amides is 1. The number of rotatable bonds is 3. The minimum atomic E-state index is -0.474. The Hall–Kier alpha value is -1.84. The van der Waals surface area contributed by atoms with E-state index in [4.69, 9.17) is 5.73 Å². The summed E-state index contributed by atoms with van der Waals surface area (Å²) in [6.07, 6.45) is 2.11. The van der Waals surface area contributed by atoms with Crippen LogP contribution in [0.2, 0.25) is 0 Å². The molecule has 1 heterocycles. The maximum atomic E-state index is 12.0. The molecule has 2 amide bonds. The molecule has 2 rings (SSSR count). The number of carbonyl (C=O) groups excluding carboxylic acids is 2. The first kappa shape index (κ1) is 11.6. The molecule has 2 N–H and O–H groups in total. The van der Waals surface area contributed by atoms with Crippen LogP contribution >= 0.6 is 0 Å². The fraction of sp³-hybridized carbons (Fsp3) is 0.385. The maximum Gasteiger partial charge on any atom is 0.250 e. The van der Waals surface area contributed by atoms with Gasteiger partial charge in [0.2, 0.25) is 5.91 Å². The zero-order valence-electron chi connectivity index (χ0n) is 9.90. The first-order valence-electron chi connectivity index (χ1n) is 5.87. The van der Waals surface area contributed by atoms with Crippen LogP contribution in [0.15, 0.2) is 18.2 Å². The largest absolute Gasteiger partial charge is 0.366 e. The van der Waals surface area contributed by atoms with Crippen molar-refractivity contribution in [1.29, 1.82) is 0 Å². The van der Waals surface area contributed by atoms with Gasteiger partial charge < -0.3 is 10.6 Å². The molecule has 0 fully saturated rings. The third-order valence-electron chi connectivity index (χ3n) is 3.02. The summed E-state index contributed by atoms with van der Waals surface area (Å²) < 4.78 is 0. The van der Waals surface area contributed by atoms with Crippen LogP contribution < -0.4 is 10.6 Å². The Kier molecular flexibility index (Phi) is 3.13. The van der Waals surface area contributed by atoms with E-state index >= 15 is 0 Å². The van der Waals surface area contributed by atoms with Gasteiger partial charge in [0.25, 0.3) is 5.91 Å². The first-order chi connectivity index (χ1) is 8.15. The van der Waals surface area contributed by atoms with Gasteiger partial charge in [-0.1, -0.05) is 19.1 Å². The Morgan fingerprint density at radius 3 is 2.82 bits per heavy atom. The van der Waals surface area contributed by atoms with Gasteiger partial charge in [0, 0.05) is 13.0 Å². The lowest BCUT2D eigenvalue weighted by Crippen LogP contribution is -2.30. The molecule has 4 nitrogen and oxygen atoms in total. The van der Waals surface area contributed by atoms with Gasteiger partial charge in [-0.25, -0.2) is 0 Å². The topological polar surface area (TPSA) is 63.4 Å². The van der Waals surface area contributed by atoms with Gasteiger partial charge in [0.05, 0.1) is 11.3 Å². The van der Waals surface area contributed by atoms with E-state index in [0.29, 0.717) is 18.5 Å². The predicted molar refractivity (Wildman–Crippen MR) is 65.9 cm³/mol. The molecule has 0 aromatic heterocycles. The zero-order valence-corrected chi connectivity index (χ0v) is 9.90. The molecule has 1 aromatic rings. The minimum absolute atomic E-state index is 0.0694. The second-order valence-electron chi connectivity index (χ2n) is 4.22. The van der Waals surface area contributed by atoms with E-state index in [0.717, 1.165) is 24.1 Å². The first-order valence-corrected chi connectivity index (χ1v) is 5.87. The molecule has 0 spiro atoms. The highest BCUT2D eigenvalue weighted by Gasteiger charge is 2.27. The average Bonchev–Trinajstić information content (AvgIpc) is 2.72. The van der Waals surface area contributed by atoms with Crippen molar-refractivity contribution in [3.63, 3.8) is 0 Å². The van der Waals surface area contributed by atoms with Gasteiger partial charge in [-0.15, -0.1) is 0 Å². The standard InChI is InChI=1S/C13H16N2O2/c1-2-4-11(16)15-8-7-9-5-3-6-10(12(9)15)13(14)17/h3,5-6H,2,4,7-8H2,1H3,(H2,14,17). The van der Waals surface area contributed by atoms with Gasteiger partial charge in [0.15, 0.2) is 0 Å². The maximum absolute atomic E-state index is 12.0. The number of para-hydroxylation sites is 1. The van der Waals surface area contributed by atoms with Gasteiger partial charge >= 0.3 is 0 Å². The highest BCUT2D eigenvalue weighted by Crippen LogP contribution is 2.32. The van der Waals surface area contributed by atoms with Gasteiger partial charge in [0.1, 0.15) is 0 Å². The van der Waals surface area contributed by atoms with E-state index < -0.39 is 5.91 Å². The fourth-order valence-corrected chi connectivity index (χ4v) is 2.25. The Morgan fingerprint density at radius 1 is 1.41 bits per heavy atom. The van der Waals surface area contributed by atoms with Crippen LogP contribution in [0.4, 0.5) is 5.69 Å². The van der Waals surface area contributed by atoms with E-state index in [1.807, 2.05) is 19.1 Å². The molecule has 17 heavy (non-hydrogen) atoms. The fourth-order valence-electron chi connectivity index (χ4n) is 2.25. The number of fused-ring (bicyclic) bond motifs is 1. The third-order valence-corrected chi connectivity index (χ3v) is 3.02. The quantitative estimate of drug-likeness (QED) is 0.857. The number of nitrogens with zero attached hydrogens (tertiary/aromatic N) is 1. The second kappa shape index (κ2) is 4.57. The number of carbonyl (C=O) groups is 2. The highest BCUT2D eigenvalue weighted by molar-refractivity contribution is 6.05. The smallest absolute Gasteiger partial charge is 0.250 e. The third kappa shape index (κ3) is 2.02. The number of nitrogens with two attached hydrogens (primary N) is 1. The summed E-state index contributed by atoms with van der Waals surface area (Å²) in [4.78, 5) is 25.0. The Balaban J connectivity index is 2.42. The number of amides is 2. The molecule has 0 unspecified atom stereocenters. The molecule has 1 aliphatic rings. The molecule has 0 atom stereocenters. The summed E-state index contributed by atoms with van der Waals surface area (Å²) in [6.45, 7) is 2.62. The van der Waals surface area contributed by atoms with Crippen molar-refractivity contribution in [3.8, 4) is 0 Å². The monoisotopic (exact) mass is 232 g/mol. The second-order valence-corrected chi connectivity index (χ2v) is 4.22. The molecule has 4 heteroatoms. The highest BCUT2D eigenvalue weighted by atomic mass is 16.2. The van der Waals surface area contributed by atoms with Crippen LogP contribution in [-0.2, 0) is 11.2 Å². The lowest BCUT2D eigenvalue weighted by molar-refractivity contribution is -0.118. The molecular formula is C13H16N2O2. The zero-order chi connectivity index (χ0) is 12.4. The predicted octanol–water partition coefficient (Wildman–Crippen LogP) is 1.47. The average molecular weight is 232 g/mol. The van der Waals surface area contributed by atoms with Crippen molar-refractivity contribution in [3.05, 3.63) is 29.3 Å². The number of anilines is 1. The molecule has 0 saturated carbocycles. The molecule has 0 bridgehead atoms. The SMILES string of the molecule is CCCC(=O)N1CCc2cccc(C(N)=O)c21. The van der Waals surface area contributed by atoms with E-state index in [-0.39, 0.29) is 5.91 Å². The van der Waals surface area contributed by atoms with E-state index in [1.165, 1.54) is 0 Å². The summed E-state index contributed by atoms with van der Waals surface area (Å²) in [5, 5.41) is 0. The van der Waals surface area contributed by atoms with Crippen molar-refractivity contribution >= 4 is 17.5 Å². The lowest BCUT2D eigenvalue weighted by Gasteiger charge is -2.19. The molecular weight excluding hydrogens is 216 g/mol. The van der Waals surface area contributed by atoms with Crippen molar-refractivity contribution < 1.29 is 9.59 Å². The number of hydrogen-bond acceptors (Lipinski definition) is 2. The molecule has 0 saturated heterocycles. The van der Waals surface area contributed by atoms with Crippen LogP contribution in [0, 0.1) is 0 Å². The summed E-state index contributed by atoms with van der Waals surface area (Å²) in [5.41, 5.74) is 7.55. The normalized spacial score (nSPS) is 13.6. The molecule has 90 valence electrons. The van der Waals surface area contributed by atoms with Gasteiger partial charge in [-0.05, 0) is 24.5 Å². The Bertz CT molecular complexity index is 468. The van der Waals surface area contributed by atoms with E-state index in [2.05, 4.69) is 0 Å². The van der Waals surface area contributed by atoms with Crippen LogP contribution in [0.3, 0.4) is 0 Å². The molecule has 0 aliphatic carbocycles. The van der Waals surface area contributed by atoms with Crippen molar-refractivity contribution in [2.75, 3.05) is 11.4 Å². The van der Waals surface area contributed by atoms with Crippen LogP contribution in [0.25, 0.3) is 0 Å². The summed E-state index contributed by atoms with van der Waals surface area (Å²) in [6, 6.07) is 5.44. The Morgan fingerprint density at radius 2 is 2.18 bits per heavy atom. The number of benzene rings is 1. The van der Waals surface area contributed by atoms with E-state index in [9.17, 15) is 9.59 Å². The molecule has 0 radical (unpaired) electrons. The lowest BCUT2D eigenvalue weighted by atomic mass is 10.1. The summed E-state index contributed by atoms with van der Waals surface area (Å²) >= 11 is 0. The van der Waals surface area contributed by atoms with Crippen LogP contribution in [-0.4, -0.2) is 18.4 Å². The van der Waals surface area contributed by atoms with Crippen LogP contribution in [0.5, 0.6) is 0 Å². The Labute approximate surface area is 100 Å². The van der Waals surface area contributed by atoms with Gasteiger partial charge in [-0.3, -0.25) is 9.59 Å². The van der Waals surface area contributed by atoms with Crippen molar-refractivity contribution in [2.24, 2.45) is 5.73 Å².